The van der Waals surface area contributed by atoms with Gasteiger partial charge in [0.05, 0.1) is 4.90 Å². The lowest BCUT2D eigenvalue weighted by atomic mass is 10.1. The average molecular weight is 328 g/mol. The molecule has 1 amide bonds. The predicted molar refractivity (Wildman–Crippen MR) is 80.7 cm³/mol. The van der Waals surface area contributed by atoms with Crippen LogP contribution in [0.1, 0.15) is 20.3 Å². The number of amides is 1. The molecule has 0 aliphatic carbocycles. The monoisotopic (exact) mass is 328 g/mol. The Morgan fingerprint density at radius 2 is 1.77 bits per heavy atom. The third-order valence-electron chi connectivity index (χ3n) is 3.08. The van der Waals surface area contributed by atoms with Crippen LogP contribution in [0.15, 0.2) is 35.2 Å². The van der Waals surface area contributed by atoms with Crippen molar-refractivity contribution in [3.63, 3.8) is 0 Å². The molecule has 22 heavy (non-hydrogen) atoms. The fourth-order valence-electron chi connectivity index (χ4n) is 1.64. The van der Waals surface area contributed by atoms with Crippen LogP contribution in [0.5, 0.6) is 0 Å². The zero-order valence-electron chi connectivity index (χ0n) is 12.4. The van der Waals surface area contributed by atoms with Crippen LogP contribution in [-0.4, -0.2) is 38.0 Å². The van der Waals surface area contributed by atoms with E-state index in [0.29, 0.717) is 6.42 Å². The SMILES string of the molecule is CC(CCNS(=O)(=O)c1ccccc1)NC(=O)C(C)C(=O)O. The maximum atomic E-state index is 12.0. The van der Waals surface area contributed by atoms with Crippen LogP contribution in [0.2, 0.25) is 0 Å². The van der Waals surface area contributed by atoms with Crippen LogP contribution in [-0.2, 0) is 19.6 Å². The number of rotatable bonds is 8. The number of carbonyl (C=O) groups excluding carboxylic acids is 1. The number of hydrogen-bond acceptors (Lipinski definition) is 4. The van der Waals surface area contributed by atoms with Gasteiger partial charge in [0.25, 0.3) is 0 Å². The molecule has 0 spiro atoms. The number of benzene rings is 1. The summed E-state index contributed by atoms with van der Waals surface area (Å²) in [5.41, 5.74) is 0. The van der Waals surface area contributed by atoms with Gasteiger partial charge in [0.2, 0.25) is 15.9 Å². The summed E-state index contributed by atoms with van der Waals surface area (Å²) < 4.78 is 26.4. The lowest BCUT2D eigenvalue weighted by Crippen LogP contribution is -2.40. The van der Waals surface area contributed by atoms with E-state index in [1.165, 1.54) is 19.1 Å². The van der Waals surface area contributed by atoms with E-state index in [1.807, 2.05) is 0 Å². The predicted octanol–water partition coefficient (Wildman–Crippen LogP) is 0.580. The molecule has 0 saturated carbocycles. The molecule has 3 N–H and O–H groups in total. The van der Waals surface area contributed by atoms with Crippen LogP contribution in [0, 0.1) is 5.92 Å². The van der Waals surface area contributed by atoms with E-state index in [2.05, 4.69) is 10.0 Å². The first kappa shape index (κ1) is 18.1. The van der Waals surface area contributed by atoms with E-state index in [4.69, 9.17) is 5.11 Å². The Kier molecular flexibility index (Phi) is 6.51. The average Bonchev–Trinajstić information content (AvgIpc) is 2.46. The minimum atomic E-state index is -3.57. The summed E-state index contributed by atoms with van der Waals surface area (Å²) in [6, 6.07) is 7.62. The van der Waals surface area contributed by atoms with Crippen molar-refractivity contribution in [2.24, 2.45) is 5.92 Å². The maximum Gasteiger partial charge on any atom is 0.315 e. The van der Waals surface area contributed by atoms with E-state index >= 15 is 0 Å². The summed E-state index contributed by atoms with van der Waals surface area (Å²) in [6.07, 6.45) is 0.351. The third kappa shape index (κ3) is 5.45. The molecular formula is C14H20N2O5S. The molecule has 0 aromatic heterocycles. The highest BCUT2D eigenvalue weighted by Crippen LogP contribution is 2.07. The van der Waals surface area contributed by atoms with Gasteiger partial charge in [-0.1, -0.05) is 18.2 Å². The van der Waals surface area contributed by atoms with E-state index in [1.54, 1.807) is 25.1 Å². The molecule has 0 saturated heterocycles. The van der Waals surface area contributed by atoms with E-state index in [-0.39, 0.29) is 17.5 Å². The summed E-state index contributed by atoms with van der Waals surface area (Å²) in [5, 5.41) is 11.3. The van der Waals surface area contributed by atoms with Crippen LogP contribution >= 0.6 is 0 Å². The number of hydrogen-bond donors (Lipinski definition) is 3. The molecule has 0 radical (unpaired) electrons. The highest BCUT2D eigenvalue weighted by Gasteiger charge is 2.22. The fourth-order valence-corrected chi connectivity index (χ4v) is 2.71. The van der Waals surface area contributed by atoms with Crippen LogP contribution < -0.4 is 10.0 Å². The Balaban J connectivity index is 2.44. The van der Waals surface area contributed by atoms with Crippen LogP contribution in [0.3, 0.4) is 0 Å². The number of carboxylic acid groups (broad SMARTS) is 1. The van der Waals surface area contributed by atoms with Crippen molar-refractivity contribution in [2.45, 2.75) is 31.2 Å². The minimum absolute atomic E-state index is 0.139. The Labute approximate surface area is 129 Å². The topological polar surface area (TPSA) is 113 Å². The summed E-state index contributed by atoms with van der Waals surface area (Å²) in [4.78, 5) is 22.4. The van der Waals surface area contributed by atoms with Crippen molar-refractivity contribution in [3.05, 3.63) is 30.3 Å². The molecule has 2 atom stereocenters. The van der Waals surface area contributed by atoms with Gasteiger partial charge in [-0.05, 0) is 32.4 Å². The smallest absolute Gasteiger partial charge is 0.315 e. The second kappa shape index (κ2) is 7.90. The molecule has 7 nitrogen and oxygen atoms in total. The molecule has 1 rings (SSSR count). The van der Waals surface area contributed by atoms with Crippen molar-refractivity contribution in [1.29, 1.82) is 0 Å². The van der Waals surface area contributed by atoms with Gasteiger partial charge in [0.15, 0.2) is 0 Å². The lowest BCUT2D eigenvalue weighted by Gasteiger charge is -2.16. The molecule has 2 unspecified atom stereocenters. The first-order chi connectivity index (χ1) is 10.2. The summed E-state index contributed by atoms with van der Waals surface area (Å²) in [7, 11) is -3.57. The standard InChI is InChI=1S/C14H20N2O5S/c1-10(16-13(17)11(2)14(18)19)8-9-15-22(20,21)12-6-4-3-5-7-12/h3-7,10-11,15H,8-9H2,1-2H3,(H,16,17)(H,18,19). The number of aliphatic carboxylic acids is 1. The summed E-state index contributed by atoms with van der Waals surface area (Å²) >= 11 is 0. The quantitative estimate of drug-likeness (QED) is 0.604. The van der Waals surface area contributed by atoms with Gasteiger partial charge in [0, 0.05) is 12.6 Å². The number of nitrogens with one attached hydrogen (secondary N) is 2. The molecule has 122 valence electrons. The first-order valence-electron chi connectivity index (χ1n) is 6.82. The second-order valence-corrected chi connectivity index (χ2v) is 6.74. The van der Waals surface area contributed by atoms with Crippen LogP contribution in [0.25, 0.3) is 0 Å². The summed E-state index contributed by atoms with van der Waals surface area (Å²) in [6.45, 7) is 3.12. The van der Waals surface area contributed by atoms with Gasteiger partial charge in [-0.2, -0.15) is 0 Å². The van der Waals surface area contributed by atoms with E-state index in [0.717, 1.165) is 0 Å². The van der Waals surface area contributed by atoms with Gasteiger partial charge >= 0.3 is 5.97 Å². The normalized spacial score (nSPS) is 14.1. The van der Waals surface area contributed by atoms with Gasteiger partial charge in [-0.25, -0.2) is 13.1 Å². The van der Waals surface area contributed by atoms with Gasteiger partial charge in [-0.3, -0.25) is 9.59 Å². The molecule has 1 aromatic rings. The molecule has 8 heteroatoms. The van der Waals surface area contributed by atoms with E-state index in [9.17, 15) is 18.0 Å². The summed E-state index contributed by atoms with van der Waals surface area (Å²) in [5.74, 6) is -2.93. The molecule has 0 aliphatic heterocycles. The molecule has 1 aromatic carbocycles. The fraction of sp³-hybridized carbons (Fsp3) is 0.429. The van der Waals surface area contributed by atoms with Crippen molar-refractivity contribution in [2.75, 3.05) is 6.54 Å². The highest BCUT2D eigenvalue weighted by molar-refractivity contribution is 7.89. The van der Waals surface area contributed by atoms with Crippen molar-refractivity contribution in [1.82, 2.24) is 10.0 Å². The maximum absolute atomic E-state index is 12.0. The molecule has 0 heterocycles. The van der Waals surface area contributed by atoms with Gasteiger partial charge in [-0.15, -0.1) is 0 Å². The zero-order chi connectivity index (χ0) is 16.8. The third-order valence-corrected chi connectivity index (χ3v) is 4.55. The first-order valence-corrected chi connectivity index (χ1v) is 8.30. The minimum Gasteiger partial charge on any atom is -0.481 e. The zero-order valence-corrected chi connectivity index (χ0v) is 13.3. The Hall–Kier alpha value is -1.93. The lowest BCUT2D eigenvalue weighted by molar-refractivity contribution is -0.146. The number of carboxylic acids is 1. The van der Waals surface area contributed by atoms with Crippen molar-refractivity contribution in [3.8, 4) is 0 Å². The molecule has 0 fully saturated rings. The highest BCUT2D eigenvalue weighted by atomic mass is 32.2. The molecular weight excluding hydrogens is 308 g/mol. The number of sulfonamides is 1. The Morgan fingerprint density at radius 3 is 2.32 bits per heavy atom. The Bertz CT molecular complexity index is 615. The van der Waals surface area contributed by atoms with Crippen LogP contribution in [0.4, 0.5) is 0 Å². The van der Waals surface area contributed by atoms with Gasteiger partial charge in [0.1, 0.15) is 5.92 Å². The number of carbonyl (C=O) groups is 2. The van der Waals surface area contributed by atoms with E-state index < -0.39 is 27.8 Å². The molecule has 0 aliphatic rings. The largest absolute Gasteiger partial charge is 0.481 e. The Morgan fingerprint density at radius 1 is 1.18 bits per heavy atom. The van der Waals surface area contributed by atoms with Crippen molar-refractivity contribution >= 4 is 21.9 Å². The molecule has 0 bridgehead atoms. The second-order valence-electron chi connectivity index (χ2n) is 4.97. The van der Waals surface area contributed by atoms with Gasteiger partial charge < -0.3 is 10.4 Å². The van der Waals surface area contributed by atoms with Crippen molar-refractivity contribution < 1.29 is 23.1 Å².